The number of carbonyl (C=O) groups excluding carboxylic acids is 1. The lowest BCUT2D eigenvalue weighted by atomic mass is 10.0. The third kappa shape index (κ3) is 2.42. The van der Waals surface area contributed by atoms with E-state index in [2.05, 4.69) is 20.0 Å². The average molecular weight is 248 g/mol. The molecule has 6 nitrogen and oxygen atoms in total. The van der Waals surface area contributed by atoms with Crippen molar-refractivity contribution in [2.75, 3.05) is 0 Å². The summed E-state index contributed by atoms with van der Waals surface area (Å²) >= 11 is 0. The van der Waals surface area contributed by atoms with Gasteiger partial charge in [-0.25, -0.2) is 4.98 Å². The molecule has 1 amide bonds. The van der Waals surface area contributed by atoms with Gasteiger partial charge in [0.1, 0.15) is 12.1 Å². The topological polar surface area (TPSA) is 73.0 Å². The summed E-state index contributed by atoms with van der Waals surface area (Å²) in [5.74, 6) is 0.786. The molecule has 1 atom stereocenters. The molecule has 0 aliphatic heterocycles. The normalized spacial score (nSPS) is 12.7. The Kier molecular flexibility index (Phi) is 3.45. The van der Waals surface area contributed by atoms with Crippen molar-refractivity contribution >= 4 is 5.91 Å². The number of nitrogens with one attached hydrogen (secondary N) is 1. The number of carbonyl (C=O) groups is 1. The molecular formula is C12H16N4O2. The van der Waals surface area contributed by atoms with Crippen molar-refractivity contribution in [2.45, 2.75) is 19.9 Å². The summed E-state index contributed by atoms with van der Waals surface area (Å²) in [6.45, 7) is 4.06. The number of aryl methyl sites for hydroxylation is 1. The number of imidazole rings is 1. The molecule has 1 N–H and O–H groups in total. The van der Waals surface area contributed by atoms with Gasteiger partial charge in [-0.2, -0.15) is 0 Å². The van der Waals surface area contributed by atoms with Crippen LogP contribution < -0.4 is 5.32 Å². The molecule has 2 rings (SSSR count). The van der Waals surface area contributed by atoms with Gasteiger partial charge in [-0.15, -0.1) is 0 Å². The van der Waals surface area contributed by atoms with Crippen LogP contribution in [0.3, 0.4) is 0 Å². The van der Waals surface area contributed by atoms with Gasteiger partial charge in [0.05, 0.1) is 6.04 Å². The van der Waals surface area contributed by atoms with Gasteiger partial charge in [-0.05, 0) is 5.92 Å². The highest BCUT2D eigenvalue weighted by atomic mass is 16.5. The molecule has 2 heterocycles. The second-order valence-electron chi connectivity index (χ2n) is 4.48. The first-order valence-electron chi connectivity index (χ1n) is 5.78. The third-order valence-corrected chi connectivity index (χ3v) is 2.76. The Balaban J connectivity index is 2.18. The number of hydrogen-bond acceptors (Lipinski definition) is 4. The van der Waals surface area contributed by atoms with Gasteiger partial charge in [0.2, 0.25) is 0 Å². The van der Waals surface area contributed by atoms with E-state index < -0.39 is 0 Å². The lowest BCUT2D eigenvalue weighted by molar-refractivity contribution is 0.0913. The Morgan fingerprint density at radius 3 is 2.78 bits per heavy atom. The Morgan fingerprint density at radius 1 is 1.50 bits per heavy atom. The lowest BCUT2D eigenvalue weighted by Gasteiger charge is -2.21. The van der Waals surface area contributed by atoms with Crippen molar-refractivity contribution in [2.24, 2.45) is 13.0 Å². The summed E-state index contributed by atoms with van der Waals surface area (Å²) in [5, 5.41) is 6.54. The van der Waals surface area contributed by atoms with E-state index in [1.54, 1.807) is 6.20 Å². The zero-order valence-corrected chi connectivity index (χ0v) is 10.6. The van der Waals surface area contributed by atoms with E-state index in [1.165, 1.54) is 12.3 Å². The van der Waals surface area contributed by atoms with Gasteiger partial charge >= 0.3 is 0 Å². The van der Waals surface area contributed by atoms with Crippen LogP contribution in [0.1, 0.15) is 36.2 Å². The van der Waals surface area contributed by atoms with Gasteiger partial charge in [-0.1, -0.05) is 19.0 Å². The van der Waals surface area contributed by atoms with E-state index in [4.69, 9.17) is 0 Å². The molecule has 2 aromatic heterocycles. The Labute approximate surface area is 105 Å². The number of hydrogen-bond donors (Lipinski definition) is 1. The first-order chi connectivity index (χ1) is 8.59. The monoisotopic (exact) mass is 248 g/mol. The van der Waals surface area contributed by atoms with Crippen molar-refractivity contribution < 1.29 is 9.32 Å². The molecule has 0 saturated carbocycles. The SMILES string of the molecule is CC(C)C(NC(=O)c1ccon1)c1nccn1C. The van der Waals surface area contributed by atoms with Crippen LogP contribution in [0, 0.1) is 5.92 Å². The lowest BCUT2D eigenvalue weighted by Crippen LogP contribution is -2.33. The van der Waals surface area contributed by atoms with Crippen LogP contribution in [-0.2, 0) is 7.05 Å². The van der Waals surface area contributed by atoms with E-state index in [9.17, 15) is 4.79 Å². The van der Waals surface area contributed by atoms with Crippen LogP contribution in [0.5, 0.6) is 0 Å². The maximum absolute atomic E-state index is 12.0. The van der Waals surface area contributed by atoms with Crippen LogP contribution in [0.15, 0.2) is 29.2 Å². The Bertz CT molecular complexity index is 516. The van der Waals surface area contributed by atoms with E-state index in [-0.39, 0.29) is 23.6 Å². The molecule has 2 aromatic rings. The van der Waals surface area contributed by atoms with Crippen molar-refractivity contribution in [3.8, 4) is 0 Å². The highest BCUT2D eigenvalue weighted by Crippen LogP contribution is 2.19. The maximum atomic E-state index is 12.0. The highest BCUT2D eigenvalue weighted by Gasteiger charge is 2.23. The van der Waals surface area contributed by atoms with Crippen molar-refractivity contribution in [3.05, 3.63) is 36.2 Å². The summed E-state index contributed by atoms with van der Waals surface area (Å²) in [4.78, 5) is 16.2. The Hall–Kier alpha value is -2.11. The average Bonchev–Trinajstić information content (AvgIpc) is 2.96. The number of nitrogens with zero attached hydrogens (tertiary/aromatic N) is 3. The van der Waals surface area contributed by atoms with Crippen LogP contribution in [0.2, 0.25) is 0 Å². The predicted octanol–water partition coefficient (Wildman–Crippen LogP) is 1.54. The molecule has 0 saturated heterocycles. The minimum atomic E-state index is -0.259. The smallest absolute Gasteiger partial charge is 0.274 e. The van der Waals surface area contributed by atoms with E-state index in [1.807, 2.05) is 31.7 Å². The summed E-state index contributed by atoms with van der Waals surface area (Å²) in [6.07, 6.45) is 4.94. The van der Waals surface area contributed by atoms with Crippen LogP contribution in [0.25, 0.3) is 0 Å². The van der Waals surface area contributed by atoms with Gasteiger partial charge in [0.25, 0.3) is 5.91 Å². The quantitative estimate of drug-likeness (QED) is 0.890. The molecule has 1 unspecified atom stereocenters. The molecule has 0 bridgehead atoms. The number of rotatable bonds is 4. The van der Waals surface area contributed by atoms with Gasteiger partial charge in [0.15, 0.2) is 5.69 Å². The van der Waals surface area contributed by atoms with Crippen molar-refractivity contribution in [1.82, 2.24) is 20.0 Å². The molecule has 0 aromatic carbocycles. The van der Waals surface area contributed by atoms with Crippen LogP contribution in [0.4, 0.5) is 0 Å². The molecule has 96 valence electrons. The molecular weight excluding hydrogens is 232 g/mol. The molecule has 0 aliphatic carbocycles. The first-order valence-corrected chi connectivity index (χ1v) is 5.78. The van der Waals surface area contributed by atoms with E-state index in [0.717, 1.165) is 5.82 Å². The summed E-state index contributed by atoms with van der Waals surface area (Å²) in [5.41, 5.74) is 0.273. The summed E-state index contributed by atoms with van der Waals surface area (Å²) in [7, 11) is 1.90. The zero-order chi connectivity index (χ0) is 13.1. The third-order valence-electron chi connectivity index (χ3n) is 2.76. The second kappa shape index (κ2) is 5.03. The number of amides is 1. The minimum Gasteiger partial charge on any atom is -0.364 e. The molecule has 0 aliphatic rings. The molecule has 0 fully saturated rings. The fourth-order valence-corrected chi connectivity index (χ4v) is 1.75. The van der Waals surface area contributed by atoms with Crippen LogP contribution in [-0.4, -0.2) is 20.6 Å². The maximum Gasteiger partial charge on any atom is 0.274 e. The van der Waals surface area contributed by atoms with Crippen LogP contribution >= 0.6 is 0 Å². The standard InChI is InChI=1S/C12H16N4O2/c1-8(2)10(11-13-5-6-16(11)3)14-12(17)9-4-7-18-15-9/h4-8,10H,1-3H3,(H,14,17). The first kappa shape index (κ1) is 12.3. The van der Waals surface area contributed by atoms with Crippen molar-refractivity contribution in [1.29, 1.82) is 0 Å². The predicted molar refractivity (Wildman–Crippen MR) is 64.8 cm³/mol. The molecule has 6 heteroatoms. The largest absolute Gasteiger partial charge is 0.364 e. The fourth-order valence-electron chi connectivity index (χ4n) is 1.75. The highest BCUT2D eigenvalue weighted by molar-refractivity contribution is 5.92. The van der Waals surface area contributed by atoms with Gasteiger partial charge < -0.3 is 14.4 Å². The van der Waals surface area contributed by atoms with Crippen molar-refractivity contribution in [3.63, 3.8) is 0 Å². The minimum absolute atomic E-state index is 0.158. The van der Waals surface area contributed by atoms with Gasteiger partial charge in [0, 0.05) is 25.5 Å². The fraction of sp³-hybridized carbons (Fsp3) is 0.417. The van der Waals surface area contributed by atoms with E-state index >= 15 is 0 Å². The molecule has 0 spiro atoms. The summed E-state index contributed by atoms with van der Waals surface area (Å²) in [6, 6.07) is 1.37. The van der Waals surface area contributed by atoms with Gasteiger partial charge in [-0.3, -0.25) is 4.79 Å². The molecule has 0 radical (unpaired) electrons. The number of aromatic nitrogens is 3. The summed E-state index contributed by atoms with van der Waals surface area (Å²) < 4.78 is 6.56. The Morgan fingerprint density at radius 2 is 2.28 bits per heavy atom. The zero-order valence-electron chi connectivity index (χ0n) is 10.6. The second-order valence-corrected chi connectivity index (χ2v) is 4.48. The molecule has 18 heavy (non-hydrogen) atoms. The van der Waals surface area contributed by atoms with E-state index in [0.29, 0.717) is 0 Å².